The number of aromatic amines is 1. The third kappa shape index (κ3) is 4.09. The summed E-state index contributed by atoms with van der Waals surface area (Å²) in [7, 11) is 1.45. The van der Waals surface area contributed by atoms with Crippen LogP contribution in [-0.2, 0) is 4.74 Å². The van der Waals surface area contributed by atoms with Crippen LogP contribution in [-0.4, -0.2) is 60.7 Å². The average Bonchev–Trinajstić information content (AvgIpc) is 3.33. The van der Waals surface area contributed by atoms with Crippen LogP contribution in [0, 0.1) is 5.92 Å². The summed E-state index contributed by atoms with van der Waals surface area (Å²) in [4.78, 5) is 30.3. The van der Waals surface area contributed by atoms with Crippen molar-refractivity contribution >= 4 is 17.2 Å². The first kappa shape index (κ1) is 19.1. The zero-order valence-electron chi connectivity index (χ0n) is 16.5. The summed E-state index contributed by atoms with van der Waals surface area (Å²) in [6.07, 6.45) is 5.46. The van der Waals surface area contributed by atoms with Gasteiger partial charge in [0.15, 0.2) is 5.58 Å². The number of likely N-dealkylation sites (tertiary alicyclic amines) is 2. The fourth-order valence-corrected chi connectivity index (χ4v) is 4.80. The second-order valence-corrected chi connectivity index (χ2v) is 8.09. The first-order chi connectivity index (χ1) is 13.6. The molecule has 0 radical (unpaired) electrons. The molecule has 4 rings (SSSR count). The number of carbonyl (C=O) groups excluding carboxylic acids is 1. The Morgan fingerprint density at radius 1 is 1.29 bits per heavy atom. The molecule has 1 amide bonds. The number of rotatable bonds is 5. The van der Waals surface area contributed by atoms with Crippen molar-refractivity contribution in [2.75, 3.05) is 39.8 Å². The van der Waals surface area contributed by atoms with E-state index in [4.69, 9.17) is 9.15 Å². The fraction of sp³-hybridized carbons (Fsp3) is 0.619. The molecule has 2 atom stereocenters. The number of carbonyl (C=O) groups is 1. The Kier molecular flexibility index (Phi) is 5.71. The number of nitrogens with one attached hydrogen (secondary N) is 1. The molecule has 3 heterocycles. The van der Waals surface area contributed by atoms with Gasteiger partial charge in [-0.3, -0.25) is 4.98 Å². The van der Waals surface area contributed by atoms with Gasteiger partial charge in [-0.05, 0) is 57.2 Å². The molecule has 2 saturated heterocycles. The van der Waals surface area contributed by atoms with Gasteiger partial charge in [0.05, 0.1) is 12.6 Å². The lowest BCUT2D eigenvalue weighted by Gasteiger charge is -2.33. The quantitative estimate of drug-likeness (QED) is 0.853. The SMILES string of the molecule is COC(=O)N1CCC(CCCN2CCCC(c3cccc4[nH]c(=O)oc34)C2)C1. The molecule has 1 aromatic heterocycles. The number of hydrogen-bond acceptors (Lipinski definition) is 5. The van der Waals surface area contributed by atoms with Crippen molar-refractivity contribution < 1.29 is 13.9 Å². The molecule has 28 heavy (non-hydrogen) atoms. The maximum atomic E-state index is 11.6. The molecule has 0 spiro atoms. The average molecular weight is 387 g/mol. The Morgan fingerprint density at radius 2 is 2.18 bits per heavy atom. The molecule has 2 aromatic rings. The number of amides is 1. The molecule has 2 aliphatic rings. The van der Waals surface area contributed by atoms with E-state index in [1.807, 2.05) is 17.0 Å². The van der Waals surface area contributed by atoms with Gasteiger partial charge in [0.1, 0.15) is 0 Å². The van der Waals surface area contributed by atoms with Crippen molar-refractivity contribution in [1.82, 2.24) is 14.8 Å². The minimum Gasteiger partial charge on any atom is -0.453 e. The number of ether oxygens (including phenoxy) is 1. The maximum Gasteiger partial charge on any atom is 0.417 e. The van der Waals surface area contributed by atoms with Gasteiger partial charge < -0.3 is 19.0 Å². The van der Waals surface area contributed by atoms with Crippen molar-refractivity contribution in [1.29, 1.82) is 0 Å². The van der Waals surface area contributed by atoms with Crippen molar-refractivity contribution in [3.63, 3.8) is 0 Å². The summed E-state index contributed by atoms with van der Waals surface area (Å²) < 4.78 is 10.2. The summed E-state index contributed by atoms with van der Waals surface area (Å²) in [6, 6.07) is 5.98. The predicted octanol–water partition coefficient (Wildman–Crippen LogP) is 3.17. The third-order valence-electron chi connectivity index (χ3n) is 6.23. The molecule has 2 aliphatic heterocycles. The molecule has 0 saturated carbocycles. The maximum absolute atomic E-state index is 11.6. The van der Waals surface area contributed by atoms with Crippen molar-refractivity contribution in [3.8, 4) is 0 Å². The van der Waals surface area contributed by atoms with Crippen LogP contribution in [0.2, 0.25) is 0 Å². The molecule has 2 unspecified atom stereocenters. The van der Waals surface area contributed by atoms with E-state index in [1.54, 1.807) is 0 Å². The monoisotopic (exact) mass is 387 g/mol. The number of aromatic nitrogens is 1. The zero-order chi connectivity index (χ0) is 19.5. The second-order valence-electron chi connectivity index (χ2n) is 8.09. The van der Waals surface area contributed by atoms with E-state index in [1.165, 1.54) is 7.11 Å². The van der Waals surface area contributed by atoms with Gasteiger partial charge in [-0.25, -0.2) is 9.59 Å². The number of hydrogen-bond donors (Lipinski definition) is 1. The van der Waals surface area contributed by atoms with E-state index < -0.39 is 0 Å². The molecular formula is C21H29N3O4. The first-order valence-corrected chi connectivity index (χ1v) is 10.3. The van der Waals surface area contributed by atoms with Crippen molar-refractivity contribution in [2.45, 2.75) is 38.0 Å². The topological polar surface area (TPSA) is 78.8 Å². The highest BCUT2D eigenvalue weighted by atomic mass is 16.5. The standard InChI is InChI=1S/C21H29N3O4/c1-27-21(26)24-12-9-15(13-24)5-3-10-23-11-4-6-16(14-23)17-7-2-8-18-19(17)28-20(25)22-18/h2,7-8,15-16H,3-6,9-14H2,1H3,(H,22,25). The van der Waals surface area contributed by atoms with Gasteiger partial charge >= 0.3 is 11.8 Å². The van der Waals surface area contributed by atoms with Gasteiger partial charge in [0, 0.05) is 31.1 Å². The number of oxazole rings is 1. The van der Waals surface area contributed by atoms with Crippen LogP contribution in [0.3, 0.4) is 0 Å². The number of fused-ring (bicyclic) bond motifs is 1. The van der Waals surface area contributed by atoms with Crippen LogP contribution in [0.15, 0.2) is 27.4 Å². The number of para-hydroxylation sites is 1. The van der Waals surface area contributed by atoms with Crippen LogP contribution < -0.4 is 5.76 Å². The summed E-state index contributed by atoms with van der Waals surface area (Å²) in [5.41, 5.74) is 2.65. The molecule has 1 aromatic carbocycles. The minimum atomic E-state index is -0.382. The van der Waals surface area contributed by atoms with Crippen LogP contribution in [0.4, 0.5) is 4.79 Å². The van der Waals surface area contributed by atoms with Crippen LogP contribution in [0.25, 0.3) is 11.1 Å². The normalized spacial score (nSPS) is 23.4. The van der Waals surface area contributed by atoms with E-state index in [2.05, 4.69) is 16.0 Å². The summed E-state index contributed by atoms with van der Waals surface area (Å²) in [5.74, 6) is 0.605. The highest BCUT2D eigenvalue weighted by Crippen LogP contribution is 2.31. The molecular weight excluding hydrogens is 358 g/mol. The Morgan fingerprint density at radius 3 is 3.04 bits per heavy atom. The van der Waals surface area contributed by atoms with Crippen LogP contribution >= 0.6 is 0 Å². The summed E-state index contributed by atoms with van der Waals surface area (Å²) in [6.45, 7) is 4.85. The molecule has 7 nitrogen and oxygen atoms in total. The highest BCUT2D eigenvalue weighted by molar-refractivity contribution is 5.76. The van der Waals surface area contributed by atoms with Gasteiger partial charge in [-0.1, -0.05) is 12.1 Å². The van der Waals surface area contributed by atoms with E-state index in [9.17, 15) is 9.59 Å². The van der Waals surface area contributed by atoms with Gasteiger partial charge in [0.25, 0.3) is 0 Å². The Bertz CT molecular complexity index is 874. The van der Waals surface area contributed by atoms with Crippen molar-refractivity contribution in [3.05, 3.63) is 34.3 Å². The van der Waals surface area contributed by atoms with E-state index >= 15 is 0 Å². The van der Waals surface area contributed by atoms with Gasteiger partial charge in [-0.2, -0.15) is 0 Å². The predicted molar refractivity (Wildman–Crippen MR) is 107 cm³/mol. The van der Waals surface area contributed by atoms with Crippen molar-refractivity contribution in [2.24, 2.45) is 5.92 Å². The number of benzene rings is 1. The van der Waals surface area contributed by atoms with Crippen LogP contribution in [0.5, 0.6) is 0 Å². The lowest BCUT2D eigenvalue weighted by Crippen LogP contribution is -2.35. The van der Waals surface area contributed by atoms with E-state index in [-0.39, 0.29) is 11.8 Å². The largest absolute Gasteiger partial charge is 0.453 e. The first-order valence-electron chi connectivity index (χ1n) is 10.3. The Balaban J connectivity index is 1.30. The number of methoxy groups -OCH3 is 1. The third-order valence-corrected chi connectivity index (χ3v) is 6.23. The molecule has 2 fully saturated rings. The smallest absolute Gasteiger partial charge is 0.417 e. The fourth-order valence-electron chi connectivity index (χ4n) is 4.80. The molecule has 1 N–H and O–H groups in total. The minimum absolute atomic E-state index is 0.202. The Hall–Kier alpha value is -2.28. The molecule has 152 valence electrons. The second kappa shape index (κ2) is 8.39. The molecule has 0 bridgehead atoms. The number of nitrogens with zero attached hydrogens (tertiary/aromatic N) is 2. The van der Waals surface area contributed by atoms with Gasteiger partial charge in [0.2, 0.25) is 0 Å². The Labute approximate surface area is 164 Å². The number of piperidine rings is 1. The summed E-state index contributed by atoms with van der Waals surface area (Å²) >= 11 is 0. The van der Waals surface area contributed by atoms with E-state index in [0.717, 1.165) is 75.9 Å². The molecule has 7 heteroatoms. The van der Waals surface area contributed by atoms with Gasteiger partial charge in [-0.15, -0.1) is 0 Å². The molecule has 0 aliphatic carbocycles. The van der Waals surface area contributed by atoms with Crippen LogP contribution in [0.1, 0.15) is 43.6 Å². The zero-order valence-corrected chi connectivity index (χ0v) is 16.5. The lowest BCUT2D eigenvalue weighted by atomic mass is 9.90. The highest BCUT2D eigenvalue weighted by Gasteiger charge is 2.27. The summed E-state index contributed by atoms with van der Waals surface area (Å²) in [5, 5.41) is 0. The lowest BCUT2D eigenvalue weighted by molar-refractivity contribution is 0.131. The number of H-pyrrole nitrogens is 1. The van der Waals surface area contributed by atoms with E-state index in [0.29, 0.717) is 17.4 Å².